The lowest BCUT2D eigenvalue weighted by atomic mass is 10.0. The maximum absolute atomic E-state index is 14.7. The third-order valence-corrected chi connectivity index (χ3v) is 8.02. The molecule has 38 heavy (non-hydrogen) atoms. The van der Waals surface area contributed by atoms with Crippen LogP contribution in [0.4, 0.5) is 4.39 Å². The predicted molar refractivity (Wildman–Crippen MR) is 145 cm³/mol. The molecule has 2 amide bonds. The van der Waals surface area contributed by atoms with E-state index in [1.165, 1.54) is 30.1 Å². The highest BCUT2D eigenvalue weighted by Crippen LogP contribution is 2.19. The molecule has 0 aliphatic carbocycles. The van der Waals surface area contributed by atoms with Crippen molar-refractivity contribution in [3.8, 4) is 0 Å². The maximum Gasteiger partial charge on any atom is 0.243 e. The second-order valence-electron chi connectivity index (χ2n) is 9.18. The number of sulfonamides is 1. The lowest BCUT2D eigenvalue weighted by Crippen LogP contribution is -2.53. The summed E-state index contributed by atoms with van der Waals surface area (Å²) < 4.78 is 42.0. The molecule has 1 unspecified atom stereocenters. The molecule has 3 rings (SSSR count). The second kappa shape index (κ2) is 13.3. The Morgan fingerprint density at radius 3 is 2.21 bits per heavy atom. The summed E-state index contributed by atoms with van der Waals surface area (Å²) in [5, 5.41) is 2.84. The summed E-state index contributed by atoms with van der Waals surface area (Å²) in [5.41, 5.74) is 1.95. The van der Waals surface area contributed by atoms with Crippen LogP contribution in [0.3, 0.4) is 0 Å². The molecule has 3 aromatic rings. The lowest BCUT2D eigenvalue weighted by molar-refractivity contribution is -0.141. The molecule has 0 fully saturated rings. The Balaban J connectivity index is 1.97. The van der Waals surface area contributed by atoms with Gasteiger partial charge in [-0.05, 0) is 37.1 Å². The number of halogens is 1. The first-order chi connectivity index (χ1) is 18.1. The zero-order chi connectivity index (χ0) is 27.7. The normalized spacial score (nSPS) is 12.2. The predicted octanol–water partition coefficient (Wildman–Crippen LogP) is 3.92. The van der Waals surface area contributed by atoms with Crippen LogP contribution in [-0.2, 0) is 32.6 Å². The number of likely N-dealkylation sites (N-methyl/N-ethyl adjacent to an activating group) is 1. The minimum absolute atomic E-state index is 0.0561. The fraction of sp³-hybridized carbons (Fsp3) is 0.310. The van der Waals surface area contributed by atoms with Crippen molar-refractivity contribution in [2.24, 2.45) is 0 Å². The molecule has 202 valence electrons. The molecule has 0 aliphatic rings. The van der Waals surface area contributed by atoms with Gasteiger partial charge in [0.25, 0.3) is 0 Å². The standard InChI is InChI=1S/C29H34FN3O4S/c1-4-18-31-29(35)27(19-23-10-6-5-7-11-23)33(20-24-12-8-9-13-26(24)30)28(34)21-32(3)38(36,37)25-16-14-22(2)15-17-25/h5-17,27H,4,18-21H2,1-3H3,(H,31,35). The first-order valence-corrected chi connectivity index (χ1v) is 13.9. The van der Waals surface area contributed by atoms with Gasteiger partial charge in [0.2, 0.25) is 21.8 Å². The molecule has 3 aromatic carbocycles. The number of aryl methyl sites for hydroxylation is 1. The zero-order valence-corrected chi connectivity index (χ0v) is 22.7. The molecule has 0 aromatic heterocycles. The molecule has 7 nitrogen and oxygen atoms in total. The highest BCUT2D eigenvalue weighted by molar-refractivity contribution is 7.89. The molecule has 0 radical (unpaired) electrons. The lowest BCUT2D eigenvalue weighted by Gasteiger charge is -2.32. The van der Waals surface area contributed by atoms with Crippen LogP contribution in [0, 0.1) is 12.7 Å². The van der Waals surface area contributed by atoms with E-state index in [1.54, 1.807) is 30.3 Å². The summed E-state index contributed by atoms with van der Waals surface area (Å²) in [6.45, 7) is 3.46. The van der Waals surface area contributed by atoms with Gasteiger partial charge in [-0.3, -0.25) is 9.59 Å². The smallest absolute Gasteiger partial charge is 0.243 e. The topological polar surface area (TPSA) is 86.8 Å². The van der Waals surface area contributed by atoms with Crippen LogP contribution >= 0.6 is 0 Å². The Morgan fingerprint density at radius 2 is 1.58 bits per heavy atom. The molecule has 0 saturated carbocycles. The summed E-state index contributed by atoms with van der Waals surface area (Å²) >= 11 is 0. The van der Waals surface area contributed by atoms with Gasteiger partial charge in [0.1, 0.15) is 11.9 Å². The van der Waals surface area contributed by atoms with Gasteiger partial charge in [-0.2, -0.15) is 4.31 Å². The third-order valence-electron chi connectivity index (χ3n) is 6.21. The van der Waals surface area contributed by atoms with E-state index < -0.39 is 34.3 Å². The van der Waals surface area contributed by atoms with Crippen molar-refractivity contribution in [1.29, 1.82) is 0 Å². The third kappa shape index (κ3) is 7.49. The number of carbonyl (C=O) groups is 2. The quantitative estimate of drug-likeness (QED) is 0.378. The number of hydrogen-bond donors (Lipinski definition) is 1. The molecule has 1 N–H and O–H groups in total. The molecule has 1 atom stereocenters. The monoisotopic (exact) mass is 539 g/mol. The van der Waals surface area contributed by atoms with Gasteiger partial charge in [-0.25, -0.2) is 12.8 Å². The number of amides is 2. The molecule has 0 heterocycles. The van der Waals surface area contributed by atoms with Gasteiger partial charge in [0.15, 0.2) is 0 Å². The summed E-state index contributed by atoms with van der Waals surface area (Å²) in [7, 11) is -2.66. The first-order valence-electron chi connectivity index (χ1n) is 12.5. The van der Waals surface area contributed by atoms with Crippen LogP contribution in [0.5, 0.6) is 0 Å². The van der Waals surface area contributed by atoms with Crippen LogP contribution in [0.1, 0.15) is 30.0 Å². The van der Waals surface area contributed by atoms with Crippen molar-refractivity contribution in [1.82, 2.24) is 14.5 Å². The van der Waals surface area contributed by atoms with E-state index in [0.29, 0.717) is 13.0 Å². The SMILES string of the molecule is CCCNC(=O)C(Cc1ccccc1)N(Cc1ccccc1F)C(=O)CN(C)S(=O)(=O)c1ccc(C)cc1. The van der Waals surface area contributed by atoms with Crippen LogP contribution in [-0.4, -0.2) is 55.6 Å². The van der Waals surface area contributed by atoms with Gasteiger partial charge in [-0.1, -0.05) is 73.2 Å². The number of hydrogen-bond acceptors (Lipinski definition) is 4. The summed E-state index contributed by atoms with van der Waals surface area (Å²) in [5.74, 6) is -1.51. The van der Waals surface area contributed by atoms with Crippen LogP contribution < -0.4 is 5.32 Å². The number of carbonyl (C=O) groups excluding carboxylic acids is 2. The van der Waals surface area contributed by atoms with E-state index in [0.717, 1.165) is 15.4 Å². The summed E-state index contributed by atoms with van der Waals surface area (Å²) in [6, 6.07) is 20.6. The zero-order valence-electron chi connectivity index (χ0n) is 21.9. The van der Waals surface area contributed by atoms with E-state index in [-0.39, 0.29) is 29.3 Å². The number of benzene rings is 3. The molecule has 0 saturated heterocycles. The minimum atomic E-state index is -3.97. The van der Waals surface area contributed by atoms with Crippen molar-refractivity contribution in [3.05, 3.63) is 101 Å². The average molecular weight is 540 g/mol. The first kappa shape index (κ1) is 29.0. The summed E-state index contributed by atoms with van der Waals surface area (Å²) in [6.07, 6.45) is 0.883. The Labute approximate surface area is 224 Å². The highest BCUT2D eigenvalue weighted by atomic mass is 32.2. The van der Waals surface area contributed by atoms with E-state index in [2.05, 4.69) is 5.32 Å². The van der Waals surface area contributed by atoms with Gasteiger partial charge in [0, 0.05) is 32.1 Å². The Hall–Kier alpha value is -3.56. The van der Waals surface area contributed by atoms with Crippen molar-refractivity contribution in [2.75, 3.05) is 20.1 Å². The number of rotatable bonds is 12. The molecule has 0 bridgehead atoms. The van der Waals surface area contributed by atoms with Crippen molar-refractivity contribution in [3.63, 3.8) is 0 Å². The maximum atomic E-state index is 14.7. The van der Waals surface area contributed by atoms with E-state index in [4.69, 9.17) is 0 Å². The summed E-state index contributed by atoms with van der Waals surface area (Å²) in [4.78, 5) is 28.4. The Kier molecular flexibility index (Phi) is 10.2. The Morgan fingerprint density at radius 1 is 0.947 bits per heavy atom. The molecule has 0 spiro atoms. The van der Waals surface area contributed by atoms with E-state index >= 15 is 0 Å². The molecule has 0 aliphatic heterocycles. The average Bonchev–Trinajstić information content (AvgIpc) is 2.91. The van der Waals surface area contributed by atoms with Crippen molar-refractivity contribution >= 4 is 21.8 Å². The highest BCUT2D eigenvalue weighted by Gasteiger charge is 2.33. The molecule has 9 heteroatoms. The van der Waals surface area contributed by atoms with Gasteiger partial charge in [-0.15, -0.1) is 0 Å². The molecular formula is C29H34FN3O4S. The van der Waals surface area contributed by atoms with Gasteiger partial charge >= 0.3 is 0 Å². The Bertz CT molecular complexity index is 1330. The number of nitrogens with zero attached hydrogens (tertiary/aromatic N) is 2. The fourth-order valence-electron chi connectivity index (χ4n) is 3.99. The largest absolute Gasteiger partial charge is 0.354 e. The number of nitrogens with one attached hydrogen (secondary N) is 1. The van der Waals surface area contributed by atoms with Crippen molar-refractivity contribution in [2.45, 2.75) is 44.2 Å². The van der Waals surface area contributed by atoms with Crippen LogP contribution in [0.2, 0.25) is 0 Å². The second-order valence-corrected chi connectivity index (χ2v) is 11.2. The molecular weight excluding hydrogens is 505 g/mol. The van der Waals surface area contributed by atoms with Gasteiger partial charge < -0.3 is 10.2 Å². The van der Waals surface area contributed by atoms with Crippen molar-refractivity contribution < 1.29 is 22.4 Å². The van der Waals surface area contributed by atoms with Crippen LogP contribution in [0.15, 0.2) is 83.8 Å². The van der Waals surface area contributed by atoms with Crippen LogP contribution in [0.25, 0.3) is 0 Å². The van der Waals surface area contributed by atoms with Gasteiger partial charge in [0.05, 0.1) is 11.4 Å². The minimum Gasteiger partial charge on any atom is -0.354 e. The fourth-order valence-corrected chi connectivity index (χ4v) is 5.11. The van der Waals surface area contributed by atoms with E-state index in [1.807, 2.05) is 44.2 Å². The van der Waals surface area contributed by atoms with E-state index in [9.17, 15) is 22.4 Å².